The lowest BCUT2D eigenvalue weighted by Gasteiger charge is -2.42. The zero-order valence-corrected chi connectivity index (χ0v) is 15.9. The molecule has 0 saturated carbocycles. The summed E-state index contributed by atoms with van der Waals surface area (Å²) in [5, 5.41) is 0. The van der Waals surface area contributed by atoms with Crippen molar-refractivity contribution in [1.29, 1.82) is 0 Å². The summed E-state index contributed by atoms with van der Waals surface area (Å²) in [6, 6.07) is 0. The van der Waals surface area contributed by atoms with Gasteiger partial charge >= 0.3 is 29.8 Å². The largest absolute Gasteiger partial charge is 0.459 e. The topological polar surface area (TPSA) is 141 Å². The van der Waals surface area contributed by atoms with Gasteiger partial charge in [0.05, 0.1) is 0 Å². The molecule has 11 heteroatoms. The maximum Gasteiger partial charge on any atom is 0.339 e. The molecule has 11 nitrogen and oxygen atoms in total. The van der Waals surface area contributed by atoms with Crippen LogP contribution in [-0.2, 0) is 52.4 Å². The van der Waals surface area contributed by atoms with Crippen LogP contribution in [0.5, 0.6) is 0 Å². The molecular weight excluding hydrogens is 380 g/mol. The number of carbonyl (C=O) groups excluding carboxylic acids is 5. The molecule has 156 valence electrons. The summed E-state index contributed by atoms with van der Waals surface area (Å²) >= 11 is 0. The molecule has 1 aliphatic heterocycles. The third-order valence-electron chi connectivity index (χ3n) is 3.26. The average molecular weight is 402 g/mol. The van der Waals surface area contributed by atoms with Crippen LogP contribution in [0.2, 0.25) is 0 Å². The van der Waals surface area contributed by atoms with Crippen molar-refractivity contribution in [2.75, 3.05) is 6.61 Å². The first-order chi connectivity index (χ1) is 13.1. The Morgan fingerprint density at radius 2 is 1.25 bits per heavy atom. The summed E-state index contributed by atoms with van der Waals surface area (Å²) in [5.74, 6) is -4.31. The van der Waals surface area contributed by atoms with E-state index >= 15 is 0 Å². The highest BCUT2D eigenvalue weighted by Gasteiger charge is 2.56. The monoisotopic (exact) mass is 402 g/mol. The first kappa shape index (κ1) is 23.1. The standard InChI is InChI=1S/C17H22O11/c1-6-7-23-16(22)14-12(24-8(2)18)13(25-9(3)19)15(26-10(4)20)17(28-14)27-11(5)21/h6,12-15,17H,1,7H2,2-5H3/t12-,13-,14-,15+,17+/m0/s1. The highest BCUT2D eigenvalue weighted by molar-refractivity contribution is 5.77. The van der Waals surface area contributed by atoms with Crippen molar-refractivity contribution < 1.29 is 52.4 Å². The minimum Gasteiger partial charge on any atom is -0.459 e. The van der Waals surface area contributed by atoms with Crippen LogP contribution in [0, 0.1) is 0 Å². The van der Waals surface area contributed by atoms with E-state index in [1.165, 1.54) is 6.08 Å². The van der Waals surface area contributed by atoms with E-state index < -0.39 is 60.6 Å². The lowest BCUT2D eigenvalue weighted by molar-refractivity contribution is -0.294. The number of esters is 5. The molecule has 0 unspecified atom stereocenters. The van der Waals surface area contributed by atoms with Crippen molar-refractivity contribution in [2.45, 2.75) is 58.4 Å². The van der Waals surface area contributed by atoms with Gasteiger partial charge in [-0.05, 0) is 0 Å². The van der Waals surface area contributed by atoms with Gasteiger partial charge in [0.1, 0.15) is 6.61 Å². The molecular formula is C17H22O11. The van der Waals surface area contributed by atoms with Crippen molar-refractivity contribution in [3.05, 3.63) is 12.7 Å². The van der Waals surface area contributed by atoms with Gasteiger partial charge in [0, 0.05) is 27.7 Å². The molecule has 1 aliphatic rings. The van der Waals surface area contributed by atoms with Crippen LogP contribution in [0.3, 0.4) is 0 Å². The molecule has 0 amide bonds. The normalized spacial score (nSPS) is 26.4. The van der Waals surface area contributed by atoms with Gasteiger partial charge in [-0.1, -0.05) is 12.7 Å². The van der Waals surface area contributed by atoms with Crippen LogP contribution in [0.25, 0.3) is 0 Å². The predicted molar refractivity (Wildman–Crippen MR) is 88.2 cm³/mol. The summed E-state index contributed by atoms with van der Waals surface area (Å²) < 4.78 is 30.5. The Morgan fingerprint density at radius 1 is 0.786 bits per heavy atom. The Bertz CT molecular complexity index is 641. The average Bonchev–Trinajstić information content (AvgIpc) is 2.55. The van der Waals surface area contributed by atoms with Gasteiger partial charge in [-0.15, -0.1) is 0 Å². The van der Waals surface area contributed by atoms with E-state index in [1.54, 1.807) is 0 Å². The summed E-state index contributed by atoms with van der Waals surface area (Å²) in [6.07, 6.45) is -6.52. The Labute approximate surface area is 160 Å². The van der Waals surface area contributed by atoms with Crippen molar-refractivity contribution in [1.82, 2.24) is 0 Å². The van der Waals surface area contributed by atoms with E-state index in [-0.39, 0.29) is 6.61 Å². The van der Waals surface area contributed by atoms with Gasteiger partial charge < -0.3 is 28.4 Å². The molecule has 1 rings (SSSR count). The van der Waals surface area contributed by atoms with Gasteiger partial charge in [0.2, 0.25) is 12.4 Å². The Morgan fingerprint density at radius 3 is 1.71 bits per heavy atom. The Kier molecular flexibility index (Phi) is 8.58. The summed E-state index contributed by atoms with van der Waals surface area (Å²) in [6.45, 7) is 7.43. The summed E-state index contributed by atoms with van der Waals surface area (Å²) in [5.41, 5.74) is 0. The van der Waals surface area contributed by atoms with E-state index in [0.717, 1.165) is 27.7 Å². The number of hydrogen-bond acceptors (Lipinski definition) is 11. The van der Waals surface area contributed by atoms with Crippen LogP contribution in [0.15, 0.2) is 12.7 Å². The molecule has 0 aliphatic carbocycles. The van der Waals surface area contributed by atoms with Crippen molar-refractivity contribution in [3.8, 4) is 0 Å². The molecule has 0 aromatic heterocycles. The molecule has 1 fully saturated rings. The van der Waals surface area contributed by atoms with Crippen molar-refractivity contribution in [2.24, 2.45) is 0 Å². The Hall–Kier alpha value is -2.95. The first-order valence-corrected chi connectivity index (χ1v) is 8.18. The van der Waals surface area contributed by atoms with Crippen LogP contribution >= 0.6 is 0 Å². The van der Waals surface area contributed by atoms with E-state index in [0.29, 0.717) is 0 Å². The fourth-order valence-electron chi connectivity index (χ4n) is 2.45. The Balaban J connectivity index is 3.37. The number of carbonyl (C=O) groups is 5. The smallest absolute Gasteiger partial charge is 0.339 e. The minimum atomic E-state index is -1.63. The first-order valence-electron chi connectivity index (χ1n) is 8.18. The number of rotatable bonds is 7. The van der Waals surface area contributed by atoms with Gasteiger partial charge in [-0.3, -0.25) is 19.2 Å². The SMILES string of the molecule is C=CCOC(=O)[C@H]1O[C@@H](OC(C)=O)[C@H](OC(C)=O)[C@@H](OC(C)=O)[C@@H]1OC(C)=O. The van der Waals surface area contributed by atoms with Gasteiger partial charge in [-0.25, -0.2) is 4.79 Å². The van der Waals surface area contributed by atoms with Gasteiger partial charge in [-0.2, -0.15) is 0 Å². The molecule has 28 heavy (non-hydrogen) atoms. The third kappa shape index (κ3) is 6.65. The van der Waals surface area contributed by atoms with E-state index in [1.807, 2.05) is 0 Å². The van der Waals surface area contributed by atoms with Crippen LogP contribution in [0.4, 0.5) is 0 Å². The van der Waals surface area contributed by atoms with Crippen LogP contribution in [0.1, 0.15) is 27.7 Å². The molecule has 0 bridgehead atoms. The molecule has 0 aromatic carbocycles. The summed E-state index contributed by atoms with van der Waals surface area (Å²) in [4.78, 5) is 58.4. The maximum absolute atomic E-state index is 12.4. The van der Waals surface area contributed by atoms with Crippen LogP contribution < -0.4 is 0 Å². The highest BCUT2D eigenvalue weighted by Crippen LogP contribution is 2.30. The summed E-state index contributed by atoms with van der Waals surface area (Å²) in [7, 11) is 0. The lowest BCUT2D eigenvalue weighted by atomic mass is 9.97. The fourth-order valence-corrected chi connectivity index (χ4v) is 2.45. The van der Waals surface area contributed by atoms with Gasteiger partial charge in [0.15, 0.2) is 18.3 Å². The molecule has 0 aromatic rings. The number of hydrogen-bond donors (Lipinski definition) is 0. The van der Waals surface area contributed by atoms with Crippen molar-refractivity contribution in [3.63, 3.8) is 0 Å². The van der Waals surface area contributed by atoms with Gasteiger partial charge in [0.25, 0.3) is 0 Å². The van der Waals surface area contributed by atoms with E-state index in [2.05, 4.69) is 6.58 Å². The zero-order valence-electron chi connectivity index (χ0n) is 15.9. The maximum atomic E-state index is 12.4. The molecule has 5 atom stereocenters. The lowest BCUT2D eigenvalue weighted by Crippen LogP contribution is -2.64. The molecule has 0 spiro atoms. The van der Waals surface area contributed by atoms with E-state index in [9.17, 15) is 24.0 Å². The van der Waals surface area contributed by atoms with Crippen LogP contribution in [-0.4, -0.2) is 67.2 Å². The second kappa shape index (κ2) is 10.4. The van der Waals surface area contributed by atoms with Crippen molar-refractivity contribution >= 4 is 29.8 Å². The highest BCUT2D eigenvalue weighted by atomic mass is 16.7. The molecule has 1 heterocycles. The molecule has 1 saturated heterocycles. The number of ether oxygens (including phenoxy) is 6. The molecule has 0 radical (unpaired) electrons. The second-order valence-corrected chi connectivity index (χ2v) is 5.68. The van der Waals surface area contributed by atoms with E-state index in [4.69, 9.17) is 28.4 Å². The minimum absolute atomic E-state index is 0.185. The molecule has 0 N–H and O–H groups in total. The fraction of sp³-hybridized carbons (Fsp3) is 0.588. The predicted octanol–water partition coefficient (Wildman–Crippen LogP) is -0.201. The third-order valence-corrected chi connectivity index (χ3v) is 3.26. The second-order valence-electron chi connectivity index (χ2n) is 5.68. The quantitative estimate of drug-likeness (QED) is 0.317. The zero-order chi connectivity index (χ0) is 21.4.